The summed E-state index contributed by atoms with van der Waals surface area (Å²) in [5, 5.41) is 31.7. The number of likely N-dealkylation sites (tertiary alicyclic amines) is 2. The Morgan fingerprint density at radius 2 is 1.47 bits per heavy atom. The highest BCUT2D eigenvalue weighted by molar-refractivity contribution is 5.97. The third-order valence-corrected chi connectivity index (χ3v) is 9.41. The Hall–Kier alpha value is -6.05. The topological polar surface area (TPSA) is 298 Å². The number of hydrogen-bond acceptors (Lipinski definition) is 11. The molecule has 0 radical (unpaired) electrons. The number of aromatic nitrogens is 2. The van der Waals surface area contributed by atoms with Crippen LogP contribution in [-0.4, -0.2) is 140 Å². The Bertz CT molecular complexity index is 1720. The molecule has 3 heterocycles. The molecule has 0 spiro atoms. The number of nitrogens with two attached hydrogens (primary N) is 1. The number of rotatable bonds is 17. The molecule has 20 nitrogen and oxygen atoms in total. The Morgan fingerprint density at radius 3 is 2.09 bits per heavy atom. The van der Waals surface area contributed by atoms with Gasteiger partial charge in [-0.25, -0.2) is 9.78 Å². The van der Waals surface area contributed by atoms with Gasteiger partial charge < -0.3 is 57.3 Å². The summed E-state index contributed by atoms with van der Waals surface area (Å²) in [4.78, 5) is 112. The summed E-state index contributed by atoms with van der Waals surface area (Å²) < 4.78 is 0. The largest absolute Gasteiger partial charge is 0.508 e. The van der Waals surface area contributed by atoms with E-state index in [4.69, 9.17) is 5.73 Å². The molecular formula is C35H48N10O10. The standard InChI is InChI=1S/C35H48N10O10/c1-19(30(49)38-17-28(47)42-25(35(54)55)14-22-16-37-18-39-22)40-32(51)27-6-4-12-45(27)34(53)20(2)41-31(50)24(13-21-7-9-23(46)10-8-21)43-33(52)26-5-3-11-44(26)29(48)15-36/h7-10,16,18-20,24-27,46H,3-6,11-15,17,36H2,1-2H3,(H,37,39)(H,38,49)(H,40,51)(H,41,50)(H,42,47)(H,43,52)(H,54,55)/t19-,20-,24-,25-,26-,27-/m0/s1. The fourth-order valence-corrected chi connectivity index (χ4v) is 6.48. The molecule has 6 atom stereocenters. The molecule has 0 unspecified atom stereocenters. The number of carboxylic acids is 1. The maximum Gasteiger partial charge on any atom is 0.326 e. The molecule has 7 amide bonds. The molecule has 298 valence electrons. The van der Waals surface area contributed by atoms with Crippen LogP contribution in [0.5, 0.6) is 5.75 Å². The molecule has 0 saturated carbocycles. The number of carbonyl (C=O) groups excluding carboxylic acids is 7. The number of aliphatic carboxylic acids is 1. The van der Waals surface area contributed by atoms with E-state index in [9.17, 15) is 48.6 Å². The molecule has 1 aromatic heterocycles. The first-order chi connectivity index (χ1) is 26.2. The van der Waals surface area contributed by atoms with E-state index in [2.05, 4.69) is 36.6 Å². The van der Waals surface area contributed by atoms with Crippen molar-refractivity contribution in [1.29, 1.82) is 0 Å². The van der Waals surface area contributed by atoms with Crippen LogP contribution < -0.4 is 32.3 Å². The van der Waals surface area contributed by atoms with E-state index in [1.807, 2.05) is 0 Å². The normalized spacial score (nSPS) is 18.7. The van der Waals surface area contributed by atoms with Crippen LogP contribution in [-0.2, 0) is 51.2 Å². The predicted molar refractivity (Wildman–Crippen MR) is 192 cm³/mol. The Balaban J connectivity index is 1.32. The van der Waals surface area contributed by atoms with E-state index in [0.29, 0.717) is 37.1 Å². The molecule has 1 aromatic carbocycles. The summed E-state index contributed by atoms with van der Waals surface area (Å²) >= 11 is 0. The summed E-state index contributed by atoms with van der Waals surface area (Å²) in [6, 6.07) is -0.481. The van der Waals surface area contributed by atoms with E-state index in [1.165, 1.54) is 48.3 Å². The second-order valence-electron chi connectivity index (χ2n) is 13.5. The van der Waals surface area contributed by atoms with Gasteiger partial charge in [-0.05, 0) is 57.2 Å². The highest BCUT2D eigenvalue weighted by Crippen LogP contribution is 2.20. The maximum absolute atomic E-state index is 13.6. The Kier molecular flexibility index (Phi) is 14.7. The lowest BCUT2D eigenvalue weighted by Crippen LogP contribution is -2.58. The summed E-state index contributed by atoms with van der Waals surface area (Å²) in [5.74, 6) is -5.62. The fourth-order valence-electron chi connectivity index (χ4n) is 6.48. The van der Waals surface area contributed by atoms with E-state index >= 15 is 0 Å². The molecule has 0 aliphatic carbocycles. The van der Waals surface area contributed by atoms with Gasteiger partial charge in [-0.3, -0.25) is 33.6 Å². The number of H-pyrrole nitrogens is 1. The van der Waals surface area contributed by atoms with E-state index in [-0.39, 0.29) is 38.1 Å². The number of phenolic OH excluding ortho intramolecular Hbond substituents is 1. The van der Waals surface area contributed by atoms with E-state index in [0.717, 1.165) is 0 Å². The van der Waals surface area contributed by atoms with Crippen molar-refractivity contribution in [1.82, 2.24) is 46.4 Å². The monoisotopic (exact) mass is 768 g/mol. The number of carbonyl (C=O) groups is 8. The highest BCUT2D eigenvalue weighted by atomic mass is 16.4. The van der Waals surface area contributed by atoms with Gasteiger partial charge >= 0.3 is 5.97 Å². The number of hydrogen-bond donors (Lipinski definition) is 9. The molecule has 0 bridgehead atoms. The third kappa shape index (κ3) is 11.5. The number of aromatic hydroxyl groups is 1. The number of nitrogens with zero attached hydrogens (tertiary/aromatic N) is 3. The van der Waals surface area contributed by atoms with Gasteiger partial charge in [-0.15, -0.1) is 0 Å². The van der Waals surface area contributed by atoms with Gasteiger partial charge in [0.1, 0.15) is 42.0 Å². The number of aromatic amines is 1. The Labute approximate surface area is 316 Å². The minimum Gasteiger partial charge on any atom is -0.508 e. The molecule has 55 heavy (non-hydrogen) atoms. The van der Waals surface area contributed by atoms with Crippen molar-refractivity contribution in [2.75, 3.05) is 26.2 Å². The number of imidazole rings is 1. The van der Waals surface area contributed by atoms with Crippen LogP contribution in [0.3, 0.4) is 0 Å². The Morgan fingerprint density at radius 1 is 0.836 bits per heavy atom. The van der Waals surface area contributed by atoms with Crippen molar-refractivity contribution >= 4 is 47.3 Å². The lowest BCUT2D eigenvalue weighted by atomic mass is 10.0. The average molecular weight is 769 g/mol. The van der Waals surface area contributed by atoms with Gasteiger partial charge in [-0.2, -0.15) is 0 Å². The fraction of sp³-hybridized carbons (Fsp3) is 0.514. The minimum atomic E-state index is -1.28. The zero-order valence-electron chi connectivity index (χ0n) is 30.6. The first-order valence-electron chi connectivity index (χ1n) is 17.9. The number of amides is 7. The van der Waals surface area contributed by atoms with Gasteiger partial charge in [0.05, 0.1) is 19.4 Å². The number of benzene rings is 1. The van der Waals surface area contributed by atoms with Crippen molar-refractivity contribution in [3.8, 4) is 5.75 Å². The summed E-state index contributed by atoms with van der Waals surface area (Å²) in [5.41, 5.74) is 6.60. The summed E-state index contributed by atoms with van der Waals surface area (Å²) in [6.45, 7) is 2.54. The zero-order chi connectivity index (χ0) is 40.2. The van der Waals surface area contributed by atoms with Crippen molar-refractivity contribution in [3.05, 3.63) is 48.0 Å². The van der Waals surface area contributed by atoms with Crippen LogP contribution in [0.2, 0.25) is 0 Å². The molecule has 10 N–H and O–H groups in total. The van der Waals surface area contributed by atoms with E-state index in [1.54, 1.807) is 12.1 Å². The molecular weight excluding hydrogens is 720 g/mol. The van der Waals surface area contributed by atoms with Crippen molar-refractivity contribution < 1.29 is 48.6 Å². The average Bonchev–Trinajstić information content (AvgIpc) is 3.96. The molecule has 2 aliphatic rings. The number of nitrogens with one attached hydrogen (secondary N) is 6. The first-order valence-corrected chi connectivity index (χ1v) is 17.9. The zero-order valence-corrected chi connectivity index (χ0v) is 30.6. The SMILES string of the molecule is C[C@H](NC(=O)[C@@H]1CCCN1C(=O)[C@H](C)NC(=O)[C@H](Cc1ccc(O)cc1)NC(=O)[C@@H]1CCCN1C(=O)CN)C(=O)NCC(=O)N[C@@H](Cc1cnc[nH]1)C(=O)O. The predicted octanol–water partition coefficient (Wildman–Crippen LogP) is -2.98. The van der Waals surface area contributed by atoms with Gasteiger partial charge in [0.25, 0.3) is 0 Å². The second-order valence-corrected chi connectivity index (χ2v) is 13.5. The van der Waals surface area contributed by atoms with Gasteiger partial charge in [0.2, 0.25) is 41.4 Å². The van der Waals surface area contributed by atoms with Crippen molar-refractivity contribution in [3.63, 3.8) is 0 Å². The van der Waals surface area contributed by atoms with Gasteiger partial charge in [-0.1, -0.05) is 12.1 Å². The van der Waals surface area contributed by atoms with Crippen LogP contribution in [0.15, 0.2) is 36.8 Å². The number of phenols is 1. The van der Waals surface area contributed by atoms with Crippen molar-refractivity contribution in [2.45, 2.75) is 88.6 Å². The lowest BCUT2D eigenvalue weighted by molar-refractivity contribution is -0.142. The van der Waals surface area contributed by atoms with Crippen LogP contribution in [0.1, 0.15) is 50.8 Å². The molecule has 2 aromatic rings. The van der Waals surface area contributed by atoms with Crippen LogP contribution in [0.4, 0.5) is 0 Å². The van der Waals surface area contributed by atoms with Crippen LogP contribution in [0.25, 0.3) is 0 Å². The maximum atomic E-state index is 13.6. The summed E-state index contributed by atoms with van der Waals surface area (Å²) in [6.07, 6.45) is 4.44. The molecule has 2 aliphatic heterocycles. The van der Waals surface area contributed by atoms with Gasteiger partial charge in [0.15, 0.2) is 0 Å². The summed E-state index contributed by atoms with van der Waals surface area (Å²) in [7, 11) is 0. The highest BCUT2D eigenvalue weighted by Gasteiger charge is 2.39. The van der Waals surface area contributed by atoms with Crippen LogP contribution >= 0.6 is 0 Å². The van der Waals surface area contributed by atoms with E-state index < -0.39 is 90.1 Å². The smallest absolute Gasteiger partial charge is 0.326 e. The van der Waals surface area contributed by atoms with Crippen LogP contribution in [0, 0.1) is 0 Å². The third-order valence-electron chi connectivity index (χ3n) is 9.41. The minimum absolute atomic E-state index is 0.00198. The quantitative estimate of drug-likeness (QED) is 0.0779. The molecule has 20 heteroatoms. The lowest BCUT2D eigenvalue weighted by Gasteiger charge is -2.29. The second kappa shape index (κ2) is 19.3. The van der Waals surface area contributed by atoms with Crippen molar-refractivity contribution in [2.24, 2.45) is 5.73 Å². The molecule has 4 rings (SSSR count). The molecule has 2 fully saturated rings. The van der Waals surface area contributed by atoms with Gasteiger partial charge in [0, 0.05) is 37.8 Å². The molecule has 2 saturated heterocycles. The first kappa shape index (κ1) is 41.7. The number of carboxylic acid groups (broad SMARTS) is 1.